The molecule has 7 nitrogen and oxygen atoms in total. The van der Waals surface area contributed by atoms with Gasteiger partial charge in [0.05, 0.1) is 5.69 Å². The number of hydrogen-bond donors (Lipinski definition) is 2. The van der Waals surface area contributed by atoms with Crippen molar-refractivity contribution in [2.45, 2.75) is 13.8 Å². The van der Waals surface area contributed by atoms with Crippen molar-refractivity contribution in [1.29, 1.82) is 0 Å². The zero-order chi connectivity index (χ0) is 20.8. The van der Waals surface area contributed by atoms with E-state index in [1.165, 1.54) is 6.92 Å². The average Bonchev–Trinajstić information content (AvgIpc) is 2.73. The molecule has 2 amide bonds. The zero-order valence-corrected chi connectivity index (χ0v) is 16.6. The topological polar surface area (TPSA) is 87.2 Å². The maximum absolute atomic E-state index is 12.4. The number of hydrogen-bond acceptors (Lipinski definition) is 5. The van der Waals surface area contributed by atoms with Gasteiger partial charge in [-0.15, -0.1) is 0 Å². The number of aromatic nitrogens is 2. The maximum atomic E-state index is 12.4. The van der Waals surface area contributed by atoms with Gasteiger partial charge in [0, 0.05) is 49.2 Å². The first-order valence-corrected chi connectivity index (χ1v) is 9.30. The number of anilines is 3. The third kappa shape index (κ3) is 5.16. The minimum absolute atomic E-state index is 0.0370. The Hall–Kier alpha value is -3.74. The van der Waals surface area contributed by atoms with Crippen molar-refractivity contribution in [2.24, 2.45) is 0 Å². The number of nitrogens with one attached hydrogen (secondary N) is 2. The fourth-order valence-corrected chi connectivity index (χ4v) is 2.73. The van der Waals surface area contributed by atoms with Gasteiger partial charge in [-0.05, 0) is 43.3 Å². The Morgan fingerprint density at radius 1 is 1.03 bits per heavy atom. The molecule has 0 aliphatic heterocycles. The fraction of sp³-hybridized carbons (Fsp3) is 0.182. The minimum atomic E-state index is -0.114. The highest BCUT2D eigenvalue weighted by Gasteiger charge is 2.11. The second-order valence-corrected chi connectivity index (χ2v) is 6.55. The summed E-state index contributed by atoms with van der Waals surface area (Å²) in [6.07, 6.45) is 1.67. The van der Waals surface area contributed by atoms with Crippen molar-refractivity contribution < 1.29 is 9.59 Å². The third-order valence-electron chi connectivity index (χ3n) is 4.34. The molecule has 0 spiro atoms. The Morgan fingerprint density at radius 2 is 1.79 bits per heavy atom. The van der Waals surface area contributed by atoms with E-state index in [1.54, 1.807) is 30.3 Å². The second kappa shape index (κ2) is 8.97. The smallest absolute Gasteiger partial charge is 0.253 e. The Morgan fingerprint density at radius 3 is 2.48 bits per heavy atom. The van der Waals surface area contributed by atoms with Gasteiger partial charge in [0.1, 0.15) is 0 Å². The van der Waals surface area contributed by atoms with E-state index in [0.717, 1.165) is 22.6 Å². The summed E-state index contributed by atoms with van der Waals surface area (Å²) in [6.45, 7) is 4.05. The first-order chi connectivity index (χ1) is 14.0. The molecule has 0 saturated heterocycles. The summed E-state index contributed by atoms with van der Waals surface area (Å²) in [7, 11) is 1.77. The van der Waals surface area contributed by atoms with Gasteiger partial charge in [0.2, 0.25) is 11.9 Å². The lowest BCUT2D eigenvalue weighted by molar-refractivity contribution is -0.114. The lowest BCUT2D eigenvalue weighted by atomic mass is 10.1. The average molecular weight is 389 g/mol. The first-order valence-electron chi connectivity index (χ1n) is 9.30. The van der Waals surface area contributed by atoms with Gasteiger partial charge in [-0.2, -0.15) is 0 Å². The number of nitrogens with zero attached hydrogens (tertiary/aromatic N) is 3. The molecule has 0 aliphatic carbocycles. The van der Waals surface area contributed by atoms with Crippen LogP contribution in [0.25, 0.3) is 11.3 Å². The van der Waals surface area contributed by atoms with Crippen LogP contribution in [0.2, 0.25) is 0 Å². The molecule has 0 radical (unpaired) electrons. The van der Waals surface area contributed by atoms with Gasteiger partial charge >= 0.3 is 0 Å². The summed E-state index contributed by atoms with van der Waals surface area (Å²) >= 11 is 0. The normalized spacial score (nSPS) is 10.3. The molecule has 3 rings (SSSR count). The quantitative estimate of drug-likeness (QED) is 0.667. The molecule has 2 N–H and O–H groups in total. The second-order valence-electron chi connectivity index (χ2n) is 6.55. The van der Waals surface area contributed by atoms with Crippen molar-refractivity contribution in [3.63, 3.8) is 0 Å². The molecule has 0 bridgehead atoms. The van der Waals surface area contributed by atoms with E-state index < -0.39 is 0 Å². The van der Waals surface area contributed by atoms with Crippen LogP contribution in [0.1, 0.15) is 24.2 Å². The van der Waals surface area contributed by atoms with Crippen molar-refractivity contribution in [1.82, 2.24) is 14.9 Å². The van der Waals surface area contributed by atoms with Crippen LogP contribution in [0.3, 0.4) is 0 Å². The standard InChI is InChI=1S/C22H23N5O2/c1-4-27(3)21(29)17-6-5-7-19(14-17)25-22-23-13-12-20(26-22)16-8-10-18(11-9-16)24-15(2)28/h5-14H,4H2,1-3H3,(H,24,28)(H,23,25,26). The predicted molar refractivity (Wildman–Crippen MR) is 114 cm³/mol. The molecular formula is C22H23N5O2. The van der Waals surface area contributed by atoms with E-state index in [4.69, 9.17) is 0 Å². The van der Waals surface area contributed by atoms with Gasteiger partial charge in [-0.1, -0.05) is 18.2 Å². The molecule has 2 aromatic carbocycles. The van der Waals surface area contributed by atoms with Crippen LogP contribution < -0.4 is 10.6 Å². The number of benzene rings is 2. The Bertz CT molecular complexity index is 1020. The molecule has 3 aromatic rings. The van der Waals surface area contributed by atoms with Crippen molar-refractivity contribution in [2.75, 3.05) is 24.2 Å². The third-order valence-corrected chi connectivity index (χ3v) is 4.34. The van der Waals surface area contributed by atoms with Crippen LogP contribution in [-0.4, -0.2) is 40.3 Å². The molecule has 29 heavy (non-hydrogen) atoms. The minimum Gasteiger partial charge on any atom is -0.342 e. The molecule has 1 heterocycles. The number of carbonyl (C=O) groups excluding carboxylic acids is 2. The maximum Gasteiger partial charge on any atom is 0.253 e. The van der Waals surface area contributed by atoms with Gasteiger partial charge in [0.25, 0.3) is 5.91 Å². The number of rotatable bonds is 6. The van der Waals surface area contributed by atoms with E-state index in [2.05, 4.69) is 20.6 Å². The number of carbonyl (C=O) groups is 2. The van der Waals surface area contributed by atoms with E-state index >= 15 is 0 Å². The van der Waals surface area contributed by atoms with Gasteiger partial charge in [0.15, 0.2) is 0 Å². The highest BCUT2D eigenvalue weighted by molar-refractivity contribution is 5.95. The molecule has 0 saturated carbocycles. The van der Waals surface area contributed by atoms with E-state index in [-0.39, 0.29) is 11.8 Å². The van der Waals surface area contributed by atoms with Crippen molar-refractivity contribution in [3.05, 3.63) is 66.4 Å². The summed E-state index contributed by atoms with van der Waals surface area (Å²) in [6, 6.07) is 16.5. The molecule has 1 aromatic heterocycles. The Labute approximate surface area is 169 Å². The summed E-state index contributed by atoms with van der Waals surface area (Å²) in [5.41, 5.74) is 3.71. The summed E-state index contributed by atoms with van der Waals surface area (Å²) < 4.78 is 0. The van der Waals surface area contributed by atoms with Gasteiger partial charge < -0.3 is 15.5 Å². The molecule has 0 aliphatic rings. The zero-order valence-electron chi connectivity index (χ0n) is 16.6. The van der Waals surface area contributed by atoms with E-state index in [9.17, 15) is 9.59 Å². The molecule has 7 heteroatoms. The lowest BCUT2D eigenvalue weighted by Crippen LogP contribution is -2.26. The predicted octanol–water partition coefficient (Wildman–Crippen LogP) is 3.94. The molecular weight excluding hydrogens is 366 g/mol. The summed E-state index contributed by atoms with van der Waals surface area (Å²) in [5.74, 6) is 0.282. The summed E-state index contributed by atoms with van der Waals surface area (Å²) in [5, 5.41) is 5.89. The van der Waals surface area contributed by atoms with Gasteiger partial charge in [-0.25, -0.2) is 9.97 Å². The first kappa shape index (κ1) is 20.0. The summed E-state index contributed by atoms with van der Waals surface area (Å²) in [4.78, 5) is 34.0. The SMILES string of the molecule is CCN(C)C(=O)c1cccc(Nc2nccc(-c3ccc(NC(C)=O)cc3)n2)c1. The van der Waals surface area contributed by atoms with Crippen LogP contribution in [-0.2, 0) is 4.79 Å². The fourth-order valence-electron chi connectivity index (χ4n) is 2.73. The number of amides is 2. The molecule has 148 valence electrons. The largest absolute Gasteiger partial charge is 0.342 e. The van der Waals surface area contributed by atoms with Crippen LogP contribution in [0.4, 0.5) is 17.3 Å². The molecule has 0 atom stereocenters. The lowest BCUT2D eigenvalue weighted by Gasteiger charge is -2.15. The highest BCUT2D eigenvalue weighted by atomic mass is 16.2. The van der Waals surface area contributed by atoms with Gasteiger partial charge in [-0.3, -0.25) is 9.59 Å². The van der Waals surface area contributed by atoms with Crippen LogP contribution in [0.15, 0.2) is 60.8 Å². The monoisotopic (exact) mass is 389 g/mol. The molecule has 0 fully saturated rings. The van der Waals surface area contributed by atoms with E-state index in [0.29, 0.717) is 18.1 Å². The van der Waals surface area contributed by atoms with Crippen LogP contribution in [0.5, 0.6) is 0 Å². The van der Waals surface area contributed by atoms with Crippen LogP contribution in [0, 0.1) is 0 Å². The molecule has 0 unspecified atom stereocenters. The Kier molecular flexibility index (Phi) is 6.19. The highest BCUT2D eigenvalue weighted by Crippen LogP contribution is 2.22. The Balaban J connectivity index is 1.78. The van der Waals surface area contributed by atoms with E-state index in [1.807, 2.05) is 49.4 Å². The van der Waals surface area contributed by atoms with Crippen LogP contribution >= 0.6 is 0 Å². The van der Waals surface area contributed by atoms with Crippen molar-refractivity contribution in [3.8, 4) is 11.3 Å². The van der Waals surface area contributed by atoms with Crippen molar-refractivity contribution >= 4 is 29.1 Å².